The van der Waals surface area contributed by atoms with Crippen LogP contribution < -0.4 is 5.32 Å². The number of esters is 1. The van der Waals surface area contributed by atoms with E-state index < -0.39 is 26.5 Å². The lowest BCUT2D eigenvalue weighted by Crippen LogP contribution is -2.47. The molecule has 9 heteroatoms. The van der Waals surface area contributed by atoms with E-state index in [0.717, 1.165) is 11.3 Å². The molecule has 0 bridgehead atoms. The molecule has 1 aromatic carbocycles. The van der Waals surface area contributed by atoms with Gasteiger partial charge in [0.1, 0.15) is 0 Å². The van der Waals surface area contributed by atoms with Crippen LogP contribution in [0.5, 0.6) is 0 Å². The third-order valence-electron chi connectivity index (χ3n) is 4.80. The molecule has 1 amide bonds. The van der Waals surface area contributed by atoms with Crippen LogP contribution in [0.2, 0.25) is 0 Å². The molecule has 0 radical (unpaired) electrons. The van der Waals surface area contributed by atoms with Crippen LogP contribution >= 0.6 is 11.3 Å². The summed E-state index contributed by atoms with van der Waals surface area (Å²) < 4.78 is 29.9. The third-order valence-corrected chi connectivity index (χ3v) is 8.12. The van der Waals surface area contributed by atoms with Crippen LogP contribution in [0.25, 0.3) is 0 Å². The summed E-state index contributed by atoms with van der Waals surface area (Å²) in [5.41, 5.74) is 0.477. The van der Waals surface area contributed by atoms with Crippen molar-refractivity contribution in [2.75, 3.05) is 11.9 Å². The molecule has 1 aliphatic rings. The average molecular weight is 423 g/mol. The van der Waals surface area contributed by atoms with Gasteiger partial charge in [-0.25, -0.2) is 13.4 Å². The Bertz CT molecular complexity index is 948. The SMILES string of the molecule is CCOC(=O)Cc1csc(NC(=O)C2(S(=O)(=O)c3ccccc3)CCCC2)n1. The number of benzene rings is 1. The Morgan fingerprint density at radius 2 is 1.89 bits per heavy atom. The zero-order chi connectivity index (χ0) is 20.2. The van der Waals surface area contributed by atoms with E-state index in [1.54, 1.807) is 30.5 Å². The molecule has 0 saturated heterocycles. The van der Waals surface area contributed by atoms with Gasteiger partial charge in [0, 0.05) is 5.38 Å². The first-order valence-electron chi connectivity index (χ1n) is 9.10. The van der Waals surface area contributed by atoms with Crippen molar-refractivity contribution in [3.8, 4) is 0 Å². The second kappa shape index (κ2) is 8.40. The molecule has 0 spiro atoms. The molecule has 1 fully saturated rings. The molecule has 2 aromatic rings. The zero-order valence-corrected chi connectivity index (χ0v) is 17.1. The molecular formula is C19H22N2O5S2. The molecule has 1 aromatic heterocycles. The Labute approximate surface area is 168 Å². The molecule has 150 valence electrons. The monoisotopic (exact) mass is 422 g/mol. The standard InChI is InChI=1S/C19H22N2O5S2/c1-2-26-16(22)12-14-13-27-18(20-14)21-17(23)19(10-6-7-11-19)28(24,25)15-8-4-3-5-9-15/h3-5,8-9,13H,2,6-7,10-12H2,1H3,(H,20,21,23). The summed E-state index contributed by atoms with van der Waals surface area (Å²) in [6.45, 7) is 2.01. The smallest absolute Gasteiger partial charge is 0.311 e. The highest BCUT2D eigenvalue weighted by molar-refractivity contribution is 7.93. The molecule has 1 N–H and O–H groups in total. The second-order valence-corrected chi connectivity index (χ2v) is 9.72. The molecule has 1 saturated carbocycles. The van der Waals surface area contributed by atoms with Gasteiger partial charge in [0.25, 0.3) is 0 Å². The molecular weight excluding hydrogens is 400 g/mol. The Hall–Kier alpha value is -2.26. The number of carbonyl (C=O) groups excluding carboxylic acids is 2. The molecule has 1 heterocycles. The van der Waals surface area contributed by atoms with E-state index in [2.05, 4.69) is 10.3 Å². The van der Waals surface area contributed by atoms with E-state index in [0.29, 0.717) is 18.5 Å². The van der Waals surface area contributed by atoms with Gasteiger partial charge in [-0.3, -0.25) is 9.59 Å². The molecule has 1 aliphatic carbocycles. The Morgan fingerprint density at radius 3 is 2.54 bits per heavy atom. The van der Waals surface area contributed by atoms with Crippen molar-refractivity contribution in [2.24, 2.45) is 0 Å². The first-order chi connectivity index (χ1) is 13.4. The minimum atomic E-state index is -3.85. The number of amides is 1. The fourth-order valence-electron chi connectivity index (χ4n) is 3.41. The van der Waals surface area contributed by atoms with Crippen LogP contribution in [-0.4, -0.2) is 36.6 Å². The quantitative estimate of drug-likeness (QED) is 0.688. The first kappa shape index (κ1) is 20.5. The number of rotatable bonds is 7. The van der Waals surface area contributed by atoms with Gasteiger partial charge in [-0.05, 0) is 31.9 Å². The Morgan fingerprint density at radius 1 is 1.21 bits per heavy atom. The van der Waals surface area contributed by atoms with Gasteiger partial charge in [0.15, 0.2) is 19.7 Å². The number of aromatic nitrogens is 1. The zero-order valence-electron chi connectivity index (χ0n) is 15.5. The predicted molar refractivity (Wildman–Crippen MR) is 106 cm³/mol. The number of carbonyl (C=O) groups is 2. The van der Waals surface area contributed by atoms with Gasteiger partial charge < -0.3 is 10.1 Å². The fourth-order valence-corrected chi connectivity index (χ4v) is 6.20. The van der Waals surface area contributed by atoms with Crippen LogP contribution in [0, 0.1) is 0 Å². The van der Waals surface area contributed by atoms with Crippen LogP contribution in [0.3, 0.4) is 0 Å². The number of hydrogen-bond acceptors (Lipinski definition) is 7. The van der Waals surface area contributed by atoms with Crippen molar-refractivity contribution in [3.05, 3.63) is 41.4 Å². The maximum Gasteiger partial charge on any atom is 0.311 e. The maximum absolute atomic E-state index is 13.3. The van der Waals surface area contributed by atoms with E-state index >= 15 is 0 Å². The molecule has 0 atom stereocenters. The normalized spacial score (nSPS) is 15.9. The number of anilines is 1. The first-order valence-corrected chi connectivity index (χ1v) is 11.5. The second-order valence-electron chi connectivity index (χ2n) is 6.60. The minimum absolute atomic E-state index is 0.00761. The number of hydrogen-bond donors (Lipinski definition) is 1. The van der Waals surface area contributed by atoms with Crippen molar-refractivity contribution in [1.29, 1.82) is 0 Å². The van der Waals surface area contributed by atoms with Crippen LogP contribution in [-0.2, 0) is 30.6 Å². The van der Waals surface area contributed by atoms with Gasteiger partial charge >= 0.3 is 5.97 Å². The van der Waals surface area contributed by atoms with Crippen molar-refractivity contribution in [1.82, 2.24) is 4.98 Å². The molecule has 28 heavy (non-hydrogen) atoms. The number of ether oxygens (including phenoxy) is 1. The summed E-state index contributed by atoms with van der Waals surface area (Å²) in [6.07, 6.45) is 1.90. The predicted octanol–water partition coefficient (Wildman–Crippen LogP) is 2.97. The third kappa shape index (κ3) is 3.95. The highest BCUT2D eigenvalue weighted by atomic mass is 32.2. The van der Waals surface area contributed by atoms with Crippen LogP contribution in [0.4, 0.5) is 5.13 Å². The van der Waals surface area contributed by atoms with Crippen molar-refractivity contribution in [3.63, 3.8) is 0 Å². The lowest BCUT2D eigenvalue weighted by molar-refractivity contribution is -0.142. The largest absolute Gasteiger partial charge is 0.466 e. The summed E-state index contributed by atoms with van der Waals surface area (Å²) in [4.78, 5) is 29.0. The number of nitrogens with zero attached hydrogens (tertiary/aromatic N) is 1. The van der Waals surface area contributed by atoms with Gasteiger partial charge in [0.2, 0.25) is 5.91 Å². The molecule has 0 aliphatic heterocycles. The summed E-state index contributed by atoms with van der Waals surface area (Å²) in [7, 11) is -3.85. The van der Waals surface area contributed by atoms with Gasteiger partial charge in [0.05, 0.1) is 23.6 Å². The van der Waals surface area contributed by atoms with Crippen LogP contribution in [0.15, 0.2) is 40.6 Å². The average Bonchev–Trinajstić information content (AvgIpc) is 3.33. The van der Waals surface area contributed by atoms with Gasteiger partial charge in [-0.2, -0.15) is 0 Å². The van der Waals surface area contributed by atoms with E-state index in [4.69, 9.17) is 4.74 Å². The molecule has 3 rings (SSSR count). The van der Waals surface area contributed by atoms with E-state index in [9.17, 15) is 18.0 Å². The summed E-state index contributed by atoms with van der Waals surface area (Å²) in [5, 5.41) is 4.59. The Kier molecular flexibility index (Phi) is 6.14. The Balaban J connectivity index is 1.81. The highest BCUT2D eigenvalue weighted by Gasteiger charge is 2.53. The van der Waals surface area contributed by atoms with E-state index in [-0.39, 0.29) is 35.9 Å². The number of sulfone groups is 1. The fraction of sp³-hybridized carbons (Fsp3) is 0.421. The van der Waals surface area contributed by atoms with Crippen molar-refractivity contribution in [2.45, 2.75) is 48.7 Å². The number of nitrogens with one attached hydrogen (secondary N) is 1. The van der Waals surface area contributed by atoms with Crippen LogP contribution in [0.1, 0.15) is 38.3 Å². The lowest BCUT2D eigenvalue weighted by atomic mass is 10.1. The molecule has 0 unspecified atom stereocenters. The number of thiazole rings is 1. The van der Waals surface area contributed by atoms with Gasteiger partial charge in [-0.1, -0.05) is 31.0 Å². The highest BCUT2D eigenvalue weighted by Crippen LogP contribution is 2.41. The van der Waals surface area contributed by atoms with E-state index in [1.165, 1.54) is 12.1 Å². The van der Waals surface area contributed by atoms with Crippen molar-refractivity contribution >= 4 is 38.2 Å². The summed E-state index contributed by atoms with van der Waals surface area (Å²) in [5.74, 6) is -0.963. The summed E-state index contributed by atoms with van der Waals surface area (Å²) in [6, 6.07) is 8.07. The lowest BCUT2D eigenvalue weighted by Gasteiger charge is -2.27. The van der Waals surface area contributed by atoms with E-state index in [1.807, 2.05) is 0 Å². The van der Waals surface area contributed by atoms with Crippen molar-refractivity contribution < 1.29 is 22.7 Å². The molecule has 7 nitrogen and oxygen atoms in total. The minimum Gasteiger partial charge on any atom is -0.466 e. The maximum atomic E-state index is 13.3. The summed E-state index contributed by atoms with van der Waals surface area (Å²) >= 11 is 1.16. The topological polar surface area (TPSA) is 102 Å². The van der Waals surface area contributed by atoms with Gasteiger partial charge in [-0.15, -0.1) is 11.3 Å².